The van der Waals surface area contributed by atoms with E-state index in [4.69, 9.17) is 4.74 Å². The zero-order chi connectivity index (χ0) is 14.2. The van der Waals surface area contributed by atoms with Crippen LogP contribution in [0.1, 0.15) is 20.3 Å². The lowest BCUT2D eigenvalue weighted by Gasteiger charge is -2.40. The van der Waals surface area contributed by atoms with Crippen LogP contribution in [0.3, 0.4) is 0 Å². The van der Waals surface area contributed by atoms with Gasteiger partial charge in [-0.1, -0.05) is 18.7 Å². The summed E-state index contributed by atoms with van der Waals surface area (Å²) in [6, 6.07) is -0.468. The van der Waals surface area contributed by atoms with E-state index >= 15 is 0 Å². The summed E-state index contributed by atoms with van der Waals surface area (Å²) in [6.07, 6.45) is -3.17. The Morgan fingerprint density at radius 3 is 2.63 bits per heavy atom. The lowest BCUT2D eigenvalue weighted by Crippen LogP contribution is -2.58. The maximum atomic E-state index is 10.2. The van der Waals surface area contributed by atoms with Gasteiger partial charge >= 0.3 is 0 Å². The Kier molecular flexibility index (Phi) is 4.73. The van der Waals surface area contributed by atoms with E-state index in [-0.39, 0.29) is 5.44 Å². The van der Waals surface area contributed by atoms with Crippen molar-refractivity contribution in [3.8, 4) is 0 Å². The van der Waals surface area contributed by atoms with Crippen LogP contribution in [-0.2, 0) is 4.74 Å². The second kappa shape index (κ2) is 5.97. The maximum Gasteiger partial charge on any atom is 0.162 e. The van der Waals surface area contributed by atoms with E-state index in [2.05, 4.69) is 4.99 Å². The van der Waals surface area contributed by atoms with Gasteiger partial charge < -0.3 is 25.0 Å². The molecule has 7 heteroatoms. The van der Waals surface area contributed by atoms with Crippen molar-refractivity contribution >= 4 is 16.9 Å². The van der Waals surface area contributed by atoms with Crippen LogP contribution in [0.4, 0.5) is 0 Å². The number of nitrogens with zero attached hydrogens (tertiary/aromatic N) is 2. The van der Waals surface area contributed by atoms with Crippen LogP contribution in [0.5, 0.6) is 0 Å². The van der Waals surface area contributed by atoms with E-state index in [0.29, 0.717) is 6.42 Å². The predicted molar refractivity (Wildman–Crippen MR) is 74.1 cm³/mol. The monoisotopic (exact) mass is 290 g/mol. The molecule has 19 heavy (non-hydrogen) atoms. The van der Waals surface area contributed by atoms with Crippen LogP contribution in [-0.4, -0.2) is 74.9 Å². The van der Waals surface area contributed by atoms with Gasteiger partial charge in [-0.05, 0) is 13.3 Å². The number of hydrogen-bond donors (Lipinski definition) is 3. The molecule has 110 valence electrons. The number of thioether (sulfide) groups is 1. The van der Waals surface area contributed by atoms with E-state index in [1.807, 2.05) is 25.8 Å². The molecule has 0 spiro atoms. The summed E-state index contributed by atoms with van der Waals surface area (Å²) >= 11 is 1.44. The fourth-order valence-electron chi connectivity index (χ4n) is 2.24. The van der Waals surface area contributed by atoms with E-state index < -0.39 is 30.5 Å². The minimum Gasteiger partial charge on any atom is -0.390 e. The number of rotatable bonds is 3. The number of ether oxygens (including phenoxy) is 1. The Balaban J connectivity index is 2.12. The minimum atomic E-state index is -1.10. The normalized spacial score (nSPS) is 39.7. The number of fused-ring (bicyclic) bond motifs is 1. The first kappa shape index (κ1) is 15.1. The molecule has 2 rings (SSSR count). The molecule has 1 fully saturated rings. The fourth-order valence-corrected chi connectivity index (χ4v) is 3.49. The Morgan fingerprint density at radius 2 is 2.05 bits per heavy atom. The van der Waals surface area contributed by atoms with Crippen molar-refractivity contribution in [2.75, 3.05) is 13.6 Å². The molecule has 0 radical (unpaired) electrons. The molecule has 6 atom stereocenters. The highest BCUT2D eigenvalue weighted by atomic mass is 32.2. The van der Waals surface area contributed by atoms with Crippen molar-refractivity contribution in [2.24, 2.45) is 4.99 Å². The lowest BCUT2D eigenvalue weighted by atomic mass is 9.94. The molecule has 2 heterocycles. The first-order chi connectivity index (χ1) is 8.99. The van der Waals surface area contributed by atoms with E-state index in [1.54, 1.807) is 0 Å². The van der Waals surface area contributed by atoms with Crippen molar-refractivity contribution in [1.29, 1.82) is 0 Å². The highest BCUT2D eigenvalue weighted by Crippen LogP contribution is 2.38. The van der Waals surface area contributed by atoms with Gasteiger partial charge in [-0.3, -0.25) is 4.99 Å². The van der Waals surface area contributed by atoms with Gasteiger partial charge in [0.05, 0.1) is 6.10 Å². The van der Waals surface area contributed by atoms with Gasteiger partial charge in [-0.2, -0.15) is 0 Å². The maximum absolute atomic E-state index is 10.2. The molecule has 1 saturated heterocycles. The molecule has 2 aliphatic rings. The molecular formula is C12H22N2O4S. The van der Waals surface area contributed by atoms with Gasteiger partial charge in [0.15, 0.2) is 5.17 Å². The molecule has 0 aromatic carbocycles. The van der Waals surface area contributed by atoms with Crippen molar-refractivity contribution in [2.45, 2.75) is 56.2 Å². The van der Waals surface area contributed by atoms with Crippen molar-refractivity contribution in [1.82, 2.24) is 4.90 Å². The third kappa shape index (κ3) is 2.75. The Morgan fingerprint density at radius 1 is 1.37 bits per heavy atom. The van der Waals surface area contributed by atoms with Crippen LogP contribution in [0.25, 0.3) is 0 Å². The van der Waals surface area contributed by atoms with Gasteiger partial charge in [0.2, 0.25) is 0 Å². The zero-order valence-electron chi connectivity index (χ0n) is 11.4. The first-order valence-corrected chi connectivity index (χ1v) is 7.52. The van der Waals surface area contributed by atoms with E-state index in [1.165, 1.54) is 11.8 Å². The quantitative estimate of drug-likeness (QED) is 0.657. The van der Waals surface area contributed by atoms with Gasteiger partial charge in [0.1, 0.15) is 29.8 Å². The summed E-state index contributed by atoms with van der Waals surface area (Å²) < 4.78 is 5.73. The van der Waals surface area contributed by atoms with Crippen molar-refractivity contribution in [3.63, 3.8) is 0 Å². The minimum absolute atomic E-state index is 0.339. The lowest BCUT2D eigenvalue weighted by molar-refractivity contribution is -0.185. The van der Waals surface area contributed by atoms with E-state index in [9.17, 15) is 15.3 Å². The van der Waals surface area contributed by atoms with Gasteiger partial charge in [0, 0.05) is 13.6 Å². The topological polar surface area (TPSA) is 85.5 Å². The molecule has 2 aliphatic heterocycles. The average Bonchev–Trinajstić information content (AvgIpc) is 2.85. The summed E-state index contributed by atoms with van der Waals surface area (Å²) in [4.78, 5) is 6.39. The second-order valence-corrected chi connectivity index (χ2v) is 6.03. The molecule has 3 N–H and O–H groups in total. The third-order valence-electron chi connectivity index (χ3n) is 3.69. The molecule has 2 unspecified atom stereocenters. The number of aliphatic hydroxyl groups is 3. The van der Waals surface area contributed by atoms with Crippen LogP contribution in [0.15, 0.2) is 4.99 Å². The molecule has 0 bridgehead atoms. The summed E-state index contributed by atoms with van der Waals surface area (Å²) in [5, 5.41) is 30.9. The number of amidine groups is 1. The molecular weight excluding hydrogens is 268 g/mol. The summed E-state index contributed by atoms with van der Waals surface area (Å²) in [6.45, 7) is 4.64. The molecule has 0 amide bonds. The average molecular weight is 290 g/mol. The van der Waals surface area contributed by atoms with Crippen LogP contribution < -0.4 is 0 Å². The van der Waals surface area contributed by atoms with E-state index in [0.717, 1.165) is 11.7 Å². The number of aliphatic hydroxyl groups excluding tert-OH is 3. The zero-order valence-corrected chi connectivity index (χ0v) is 12.2. The smallest absolute Gasteiger partial charge is 0.162 e. The number of aliphatic imine (C=N–C) groups is 1. The van der Waals surface area contributed by atoms with Crippen LogP contribution >= 0.6 is 11.8 Å². The van der Waals surface area contributed by atoms with Crippen LogP contribution in [0.2, 0.25) is 0 Å². The molecule has 6 nitrogen and oxygen atoms in total. The second-order valence-electron chi connectivity index (χ2n) is 4.96. The molecule has 0 aromatic heterocycles. The Bertz CT molecular complexity index is 355. The van der Waals surface area contributed by atoms with Gasteiger partial charge in [-0.25, -0.2) is 0 Å². The number of hydrogen-bond acceptors (Lipinski definition) is 7. The summed E-state index contributed by atoms with van der Waals surface area (Å²) in [5.74, 6) is 0. The van der Waals surface area contributed by atoms with Gasteiger partial charge in [-0.15, -0.1) is 0 Å². The highest BCUT2D eigenvalue weighted by molar-refractivity contribution is 8.14. The highest BCUT2D eigenvalue weighted by Gasteiger charge is 2.50. The molecule has 0 aromatic rings. The van der Waals surface area contributed by atoms with Gasteiger partial charge in [0.25, 0.3) is 0 Å². The standard InChI is InChI=1S/C12H22N2O4S/c1-4-6(15)10-9(17)8(16)7-11(18-10)19-12(13-7)14(3)5-2/h6-11,15-17H,4-5H2,1-3H3/t6-,7+,8?,9-,10?,11+/m0/s1. The van der Waals surface area contributed by atoms with Crippen LogP contribution in [0, 0.1) is 0 Å². The van der Waals surface area contributed by atoms with Crippen molar-refractivity contribution in [3.05, 3.63) is 0 Å². The Labute approximate surface area is 117 Å². The molecule has 0 saturated carbocycles. The Hall–Kier alpha value is -0.340. The predicted octanol–water partition coefficient (Wildman–Crippen LogP) is -0.373. The summed E-state index contributed by atoms with van der Waals surface area (Å²) in [5.41, 5.74) is -0.339. The summed E-state index contributed by atoms with van der Waals surface area (Å²) in [7, 11) is 1.92. The SMILES string of the molecule is CC[C@H](O)C1O[C@@H]2SC(N(C)CC)=N[C@@H]2C(O)[C@@H]1O. The fraction of sp³-hybridized carbons (Fsp3) is 0.917. The first-order valence-electron chi connectivity index (χ1n) is 6.64. The third-order valence-corrected chi connectivity index (χ3v) is 4.94. The molecule has 0 aliphatic carbocycles. The van der Waals surface area contributed by atoms with Crippen molar-refractivity contribution < 1.29 is 20.1 Å². The largest absolute Gasteiger partial charge is 0.390 e.